The number of pyridine rings is 1. The number of benzene rings is 2. The van der Waals surface area contributed by atoms with Gasteiger partial charge in [-0.15, -0.1) is 0 Å². The SMILES string of the molecule is Nc1ccccc1C(=O)[O-].[O-]c1cccc2cccnc12.[Zn+2]. The molecule has 3 aromatic rings. The second-order valence-corrected chi connectivity index (χ2v) is 4.21. The summed E-state index contributed by atoms with van der Waals surface area (Å²) in [6, 6.07) is 15.0. The summed E-state index contributed by atoms with van der Waals surface area (Å²) in [4.78, 5) is 14.2. The summed E-state index contributed by atoms with van der Waals surface area (Å²) in [5, 5.41) is 22.2. The molecule has 0 aliphatic rings. The average molecular weight is 346 g/mol. The predicted octanol–water partition coefficient (Wildman–Crippen LogP) is 0.938. The van der Waals surface area contributed by atoms with Gasteiger partial charge in [0.15, 0.2) is 0 Å². The molecule has 0 fully saturated rings. The minimum Gasteiger partial charge on any atom is -0.871 e. The topological polar surface area (TPSA) is 102 Å². The Kier molecular flexibility index (Phi) is 6.48. The fraction of sp³-hybridized carbons (Fsp3) is 0. The van der Waals surface area contributed by atoms with E-state index in [0.717, 1.165) is 5.39 Å². The number of anilines is 1. The van der Waals surface area contributed by atoms with Gasteiger partial charge in [-0.2, -0.15) is 0 Å². The Morgan fingerprint density at radius 1 is 1.00 bits per heavy atom. The maximum Gasteiger partial charge on any atom is 2.00 e. The number of para-hydroxylation sites is 2. The molecule has 2 N–H and O–H groups in total. The molecule has 2 aromatic carbocycles. The van der Waals surface area contributed by atoms with Crippen molar-refractivity contribution < 1.29 is 34.5 Å². The van der Waals surface area contributed by atoms with Crippen molar-refractivity contribution in [3.63, 3.8) is 0 Å². The molecule has 5 nitrogen and oxygen atoms in total. The van der Waals surface area contributed by atoms with E-state index < -0.39 is 5.97 Å². The Labute approximate surface area is 140 Å². The number of carbonyl (C=O) groups is 1. The molecule has 0 amide bonds. The van der Waals surface area contributed by atoms with Gasteiger partial charge in [0.05, 0.1) is 11.5 Å². The summed E-state index contributed by atoms with van der Waals surface area (Å²) in [6.07, 6.45) is 1.63. The quantitative estimate of drug-likeness (QED) is 0.522. The minimum absolute atomic E-state index is 0. The molecule has 0 aliphatic carbocycles. The monoisotopic (exact) mass is 344 g/mol. The van der Waals surface area contributed by atoms with Crippen LogP contribution in [0, 0.1) is 0 Å². The van der Waals surface area contributed by atoms with Crippen LogP contribution in [0.25, 0.3) is 10.9 Å². The summed E-state index contributed by atoms with van der Waals surface area (Å²) in [5.74, 6) is -1.25. The molecule has 22 heavy (non-hydrogen) atoms. The van der Waals surface area contributed by atoms with E-state index >= 15 is 0 Å². The van der Waals surface area contributed by atoms with Crippen LogP contribution in [0.5, 0.6) is 5.75 Å². The molecule has 0 atom stereocenters. The zero-order valence-electron chi connectivity index (χ0n) is 11.7. The molecule has 1 aromatic heterocycles. The Bertz CT molecular complexity index is 773. The van der Waals surface area contributed by atoms with Gasteiger partial charge in [-0.05, 0) is 17.5 Å². The van der Waals surface area contributed by atoms with Crippen LogP contribution in [-0.2, 0) is 19.5 Å². The van der Waals surface area contributed by atoms with Crippen molar-refractivity contribution in [3.8, 4) is 5.75 Å². The van der Waals surface area contributed by atoms with Gasteiger partial charge in [0.2, 0.25) is 0 Å². The Balaban J connectivity index is 0.000000212. The average Bonchev–Trinajstić information content (AvgIpc) is 2.49. The van der Waals surface area contributed by atoms with Crippen molar-refractivity contribution in [3.05, 3.63) is 66.4 Å². The zero-order valence-corrected chi connectivity index (χ0v) is 14.7. The second kappa shape index (κ2) is 8.10. The molecular formula is C16H12N2O3Zn. The van der Waals surface area contributed by atoms with Crippen LogP contribution in [0.3, 0.4) is 0 Å². The number of fused-ring (bicyclic) bond motifs is 1. The summed E-state index contributed by atoms with van der Waals surface area (Å²) in [7, 11) is 0. The number of carboxylic acid groups (broad SMARTS) is 1. The second-order valence-electron chi connectivity index (χ2n) is 4.21. The number of hydrogen-bond donors (Lipinski definition) is 1. The molecule has 0 unspecified atom stereocenters. The summed E-state index contributed by atoms with van der Waals surface area (Å²) < 4.78 is 0. The van der Waals surface area contributed by atoms with Crippen LogP contribution in [0.4, 0.5) is 5.69 Å². The number of aromatic nitrogens is 1. The van der Waals surface area contributed by atoms with E-state index in [2.05, 4.69) is 4.98 Å². The van der Waals surface area contributed by atoms with E-state index in [1.54, 1.807) is 24.4 Å². The van der Waals surface area contributed by atoms with Gasteiger partial charge < -0.3 is 20.7 Å². The number of rotatable bonds is 1. The molecule has 106 valence electrons. The van der Waals surface area contributed by atoms with Gasteiger partial charge in [0.25, 0.3) is 0 Å². The molecule has 0 bridgehead atoms. The first-order valence-corrected chi connectivity index (χ1v) is 6.16. The third kappa shape index (κ3) is 4.27. The van der Waals surface area contributed by atoms with Crippen LogP contribution in [-0.4, -0.2) is 11.0 Å². The maximum atomic E-state index is 11.1. The van der Waals surface area contributed by atoms with Gasteiger partial charge in [-0.25, -0.2) is 0 Å². The Hall–Kier alpha value is -2.46. The van der Waals surface area contributed by atoms with Crippen LogP contribution in [0.2, 0.25) is 0 Å². The molecule has 0 aliphatic heterocycles. The number of aromatic carboxylic acids is 1. The molecule has 0 radical (unpaired) electrons. The summed E-state index contributed by atoms with van der Waals surface area (Å²) >= 11 is 0. The maximum absolute atomic E-state index is 11.1. The molecule has 0 saturated heterocycles. The fourth-order valence-corrected chi connectivity index (χ4v) is 1.76. The number of nitrogens with two attached hydrogens (primary N) is 1. The smallest absolute Gasteiger partial charge is 0.871 e. The van der Waals surface area contributed by atoms with Crippen molar-refractivity contribution in [1.82, 2.24) is 4.98 Å². The first kappa shape index (κ1) is 17.6. The van der Waals surface area contributed by atoms with E-state index in [0.29, 0.717) is 5.52 Å². The van der Waals surface area contributed by atoms with Gasteiger partial charge in [0.1, 0.15) is 0 Å². The number of nitrogen functional groups attached to an aromatic ring is 1. The Morgan fingerprint density at radius 3 is 2.27 bits per heavy atom. The van der Waals surface area contributed by atoms with Crippen molar-refractivity contribution in [2.45, 2.75) is 0 Å². The number of hydrogen-bond acceptors (Lipinski definition) is 5. The molecule has 1 heterocycles. The first-order valence-electron chi connectivity index (χ1n) is 6.16. The van der Waals surface area contributed by atoms with Crippen LogP contribution in [0.15, 0.2) is 60.8 Å². The molecule has 0 saturated carbocycles. The molecule has 0 spiro atoms. The number of carbonyl (C=O) groups excluding carboxylic acids is 1. The normalized spacial score (nSPS) is 9.27. The summed E-state index contributed by atoms with van der Waals surface area (Å²) in [6.45, 7) is 0. The molecular weight excluding hydrogens is 334 g/mol. The van der Waals surface area contributed by atoms with Crippen LogP contribution >= 0.6 is 0 Å². The van der Waals surface area contributed by atoms with Gasteiger partial charge in [0, 0.05) is 17.4 Å². The van der Waals surface area contributed by atoms with E-state index in [-0.39, 0.29) is 36.5 Å². The zero-order chi connectivity index (χ0) is 15.2. The molecule has 6 heteroatoms. The first-order chi connectivity index (χ1) is 10.1. The van der Waals surface area contributed by atoms with Crippen LogP contribution in [0.1, 0.15) is 10.4 Å². The Morgan fingerprint density at radius 2 is 1.68 bits per heavy atom. The van der Waals surface area contributed by atoms with Crippen molar-refractivity contribution in [2.24, 2.45) is 0 Å². The standard InChI is InChI=1S/C9H7NO.C7H7NO2.Zn/c11-8-5-1-3-7-4-2-6-10-9(7)8;8-6-4-2-1-3-5(6)7(9)10;/h1-6,11H;1-4H,8H2,(H,9,10);/q;;+2/p-2. The third-order valence-corrected chi connectivity index (χ3v) is 2.78. The summed E-state index contributed by atoms with van der Waals surface area (Å²) in [5.41, 5.74) is 6.13. The largest absolute Gasteiger partial charge is 2.00 e. The van der Waals surface area contributed by atoms with Gasteiger partial charge in [-0.3, -0.25) is 4.98 Å². The van der Waals surface area contributed by atoms with E-state index in [4.69, 9.17) is 5.73 Å². The van der Waals surface area contributed by atoms with Crippen molar-refractivity contribution >= 4 is 22.6 Å². The van der Waals surface area contributed by atoms with Gasteiger partial charge in [-0.1, -0.05) is 48.2 Å². The van der Waals surface area contributed by atoms with E-state index in [1.807, 2.05) is 18.2 Å². The van der Waals surface area contributed by atoms with E-state index in [1.165, 1.54) is 18.2 Å². The fourth-order valence-electron chi connectivity index (χ4n) is 1.76. The number of carboxylic acids is 1. The third-order valence-electron chi connectivity index (χ3n) is 2.78. The van der Waals surface area contributed by atoms with Gasteiger partial charge >= 0.3 is 19.5 Å². The number of nitrogens with zero attached hydrogens (tertiary/aromatic N) is 1. The van der Waals surface area contributed by atoms with Crippen LogP contribution < -0.4 is 15.9 Å². The van der Waals surface area contributed by atoms with Crippen molar-refractivity contribution in [1.29, 1.82) is 0 Å². The van der Waals surface area contributed by atoms with Crippen molar-refractivity contribution in [2.75, 3.05) is 5.73 Å². The minimum atomic E-state index is -1.24. The predicted molar refractivity (Wildman–Crippen MR) is 76.4 cm³/mol. The van der Waals surface area contributed by atoms with E-state index in [9.17, 15) is 15.0 Å². The molecule has 3 rings (SSSR count).